The van der Waals surface area contributed by atoms with Gasteiger partial charge in [0.05, 0.1) is 5.02 Å². The lowest BCUT2D eigenvalue weighted by atomic mass is 10.2. The molecule has 0 aliphatic carbocycles. The molecule has 2 rings (SSSR count). The third-order valence-electron chi connectivity index (χ3n) is 2.60. The van der Waals surface area contributed by atoms with E-state index in [4.69, 9.17) is 11.6 Å². The van der Waals surface area contributed by atoms with Gasteiger partial charge in [0.15, 0.2) is 0 Å². The molecule has 0 aliphatic heterocycles. The summed E-state index contributed by atoms with van der Waals surface area (Å²) in [7, 11) is 0. The fourth-order valence-electron chi connectivity index (χ4n) is 1.55. The van der Waals surface area contributed by atoms with Gasteiger partial charge in [-0.2, -0.15) is 0 Å². The maximum Gasteiger partial charge on any atom is 0.247 e. The van der Waals surface area contributed by atoms with Crippen molar-refractivity contribution >= 4 is 29.0 Å². The number of carbonyl (C=O) groups is 1. The van der Waals surface area contributed by atoms with Crippen molar-refractivity contribution < 1.29 is 9.18 Å². The van der Waals surface area contributed by atoms with Crippen LogP contribution in [0.5, 0.6) is 0 Å². The highest BCUT2D eigenvalue weighted by molar-refractivity contribution is 6.30. The van der Waals surface area contributed by atoms with Gasteiger partial charge in [-0.3, -0.25) is 4.79 Å². The predicted molar refractivity (Wildman–Crippen MR) is 77.4 cm³/mol. The maximum absolute atomic E-state index is 12.8. The first kappa shape index (κ1) is 14.3. The number of aromatic nitrogens is 1. The molecule has 2 aromatic rings. The van der Waals surface area contributed by atoms with E-state index in [-0.39, 0.29) is 11.7 Å². The van der Waals surface area contributed by atoms with Crippen molar-refractivity contribution in [2.45, 2.75) is 13.0 Å². The Bertz CT molecular complexity index is 586. The second-order valence-electron chi connectivity index (χ2n) is 4.22. The lowest BCUT2D eigenvalue weighted by Crippen LogP contribution is -2.32. The molecule has 104 valence electrons. The lowest BCUT2D eigenvalue weighted by Gasteiger charge is -2.14. The van der Waals surface area contributed by atoms with Crippen molar-refractivity contribution in [2.75, 3.05) is 10.6 Å². The minimum Gasteiger partial charge on any atom is -0.374 e. The lowest BCUT2D eigenvalue weighted by molar-refractivity contribution is -0.116. The Morgan fingerprint density at radius 2 is 1.95 bits per heavy atom. The molecule has 1 aromatic carbocycles. The van der Waals surface area contributed by atoms with E-state index in [1.807, 2.05) is 0 Å². The molecular formula is C14H13ClFN3O. The highest BCUT2D eigenvalue weighted by Crippen LogP contribution is 2.12. The zero-order chi connectivity index (χ0) is 14.5. The smallest absolute Gasteiger partial charge is 0.247 e. The van der Waals surface area contributed by atoms with Crippen molar-refractivity contribution in [1.82, 2.24) is 4.98 Å². The van der Waals surface area contributed by atoms with Crippen LogP contribution in [0, 0.1) is 5.82 Å². The van der Waals surface area contributed by atoms with E-state index in [1.54, 1.807) is 31.2 Å². The molecule has 1 aromatic heterocycles. The van der Waals surface area contributed by atoms with Crippen LogP contribution in [0.25, 0.3) is 0 Å². The summed E-state index contributed by atoms with van der Waals surface area (Å²) in [5.74, 6) is -0.144. The average Bonchev–Trinajstić information content (AvgIpc) is 2.44. The molecule has 1 amide bonds. The summed E-state index contributed by atoms with van der Waals surface area (Å²) in [6.07, 6.45) is 1.45. The summed E-state index contributed by atoms with van der Waals surface area (Å²) >= 11 is 5.71. The van der Waals surface area contributed by atoms with Crippen LogP contribution in [0.3, 0.4) is 0 Å². The fraction of sp³-hybridized carbons (Fsp3) is 0.143. The summed E-state index contributed by atoms with van der Waals surface area (Å²) in [6.45, 7) is 1.70. The standard InChI is InChI=1S/C14H13ClFN3O/c1-9(18-12-5-3-11(16)4-6-12)14(20)19-13-7-2-10(15)8-17-13/h2-9,18H,1H3,(H,17,19,20)/t9-/m0/s1. The predicted octanol–water partition coefficient (Wildman–Crippen LogP) is 3.31. The summed E-state index contributed by atoms with van der Waals surface area (Å²) < 4.78 is 12.8. The topological polar surface area (TPSA) is 54.0 Å². The second-order valence-corrected chi connectivity index (χ2v) is 4.66. The summed E-state index contributed by atoms with van der Waals surface area (Å²) in [4.78, 5) is 15.9. The number of anilines is 2. The van der Waals surface area contributed by atoms with Gasteiger partial charge in [-0.1, -0.05) is 11.6 Å². The molecule has 0 saturated heterocycles. The summed E-state index contributed by atoms with van der Waals surface area (Å²) in [6, 6.07) is 8.56. The zero-order valence-electron chi connectivity index (χ0n) is 10.7. The van der Waals surface area contributed by atoms with Crippen LogP contribution in [0.1, 0.15) is 6.92 Å². The van der Waals surface area contributed by atoms with Crippen LogP contribution < -0.4 is 10.6 Å². The number of hydrogen-bond donors (Lipinski definition) is 2. The molecule has 6 heteroatoms. The highest BCUT2D eigenvalue weighted by Gasteiger charge is 2.13. The van der Waals surface area contributed by atoms with E-state index >= 15 is 0 Å². The number of hydrogen-bond acceptors (Lipinski definition) is 3. The SMILES string of the molecule is C[C@H](Nc1ccc(F)cc1)C(=O)Nc1ccc(Cl)cn1. The Balaban J connectivity index is 1.94. The molecule has 0 saturated carbocycles. The van der Waals surface area contributed by atoms with Crippen LogP contribution in [0.15, 0.2) is 42.6 Å². The number of carbonyl (C=O) groups excluding carboxylic acids is 1. The molecule has 20 heavy (non-hydrogen) atoms. The Hall–Kier alpha value is -2.14. The minimum atomic E-state index is -0.488. The van der Waals surface area contributed by atoms with E-state index in [1.165, 1.54) is 18.3 Å². The number of nitrogens with one attached hydrogen (secondary N) is 2. The van der Waals surface area contributed by atoms with Gasteiger partial charge in [-0.05, 0) is 43.3 Å². The van der Waals surface area contributed by atoms with Gasteiger partial charge in [0.1, 0.15) is 17.7 Å². The van der Waals surface area contributed by atoms with Crippen molar-refractivity contribution in [3.8, 4) is 0 Å². The van der Waals surface area contributed by atoms with Gasteiger partial charge in [-0.15, -0.1) is 0 Å². The van der Waals surface area contributed by atoms with Crippen LogP contribution in [0.2, 0.25) is 5.02 Å². The number of rotatable bonds is 4. The number of halogens is 2. The first-order chi connectivity index (χ1) is 9.54. The molecule has 2 N–H and O–H groups in total. The van der Waals surface area contributed by atoms with E-state index in [0.717, 1.165) is 0 Å². The first-order valence-electron chi connectivity index (χ1n) is 5.99. The maximum atomic E-state index is 12.8. The third kappa shape index (κ3) is 3.93. The van der Waals surface area contributed by atoms with Crippen molar-refractivity contribution in [3.63, 3.8) is 0 Å². The Kier molecular flexibility index (Phi) is 4.53. The van der Waals surface area contributed by atoms with E-state index in [2.05, 4.69) is 15.6 Å². The van der Waals surface area contributed by atoms with Crippen LogP contribution >= 0.6 is 11.6 Å². The van der Waals surface area contributed by atoms with E-state index in [0.29, 0.717) is 16.5 Å². The highest BCUT2D eigenvalue weighted by atomic mass is 35.5. The largest absolute Gasteiger partial charge is 0.374 e. The number of amides is 1. The molecule has 0 unspecified atom stereocenters. The Morgan fingerprint density at radius 1 is 1.25 bits per heavy atom. The Labute approximate surface area is 121 Å². The zero-order valence-corrected chi connectivity index (χ0v) is 11.5. The van der Waals surface area contributed by atoms with Crippen molar-refractivity contribution in [1.29, 1.82) is 0 Å². The van der Waals surface area contributed by atoms with Gasteiger partial charge < -0.3 is 10.6 Å². The monoisotopic (exact) mass is 293 g/mol. The van der Waals surface area contributed by atoms with Crippen molar-refractivity contribution in [3.05, 3.63) is 53.4 Å². The van der Waals surface area contributed by atoms with Crippen molar-refractivity contribution in [2.24, 2.45) is 0 Å². The summed E-state index contributed by atoms with van der Waals surface area (Å²) in [5.41, 5.74) is 0.665. The number of pyridine rings is 1. The third-order valence-corrected chi connectivity index (χ3v) is 2.82. The molecule has 0 aliphatic rings. The molecule has 1 atom stereocenters. The minimum absolute atomic E-state index is 0.246. The van der Waals surface area contributed by atoms with E-state index in [9.17, 15) is 9.18 Å². The van der Waals surface area contributed by atoms with Gasteiger partial charge in [0.25, 0.3) is 0 Å². The number of benzene rings is 1. The van der Waals surface area contributed by atoms with Gasteiger partial charge in [0, 0.05) is 11.9 Å². The average molecular weight is 294 g/mol. The molecule has 1 heterocycles. The quantitative estimate of drug-likeness (QED) is 0.909. The molecule has 0 fully saturated rings. The molecule has 4 nitrogen and oxygen atoms in total. The molecule has 0 radical (unpaired) electrons. The number of nitrogens with zero attached hydrogens (tertiary/aromatic N) is 1. The molecular weight excluding hydrogens is 281 g/mol. The van der Waals surface area contributed by atoms with Gasteiger partial charge in [-0.25, -0.2) is 9.37 Å². The normalized spacial score (nSPS) is 11.8. The molecule has 0 spiro atoms. The Morgan fingerprint density at radius 3 is 2.55 bits per heavy atom. The fourth-order valence-corrected chi connectivity index (χ4v) is 1.66. The van der Waals surface area contributed by atoms with Gasteiger partial charge >= 0.3 is 0 Å². The van der Waals surface area contributed by atoms with Crippen LogP contribution in [-0.4, -0.2) is 16.9 Å². The second kappa shape index (κ2) is 6.34. The first-order valence-corrected chi connectivity index (χ1v) is 6.37. The van der Waals surface area contributed by atoms with Crippen LogP contribution in [-0.2, 0) is 4.79 Å². The summed E-state index contributed by atoms with van der Waals surface area (Å²) in [5, 5.41) is 6.12. The van der Waals surface area contributed by atoms with E-state index < -0.39 is 6.04 Å². The van der Waals surface area contributed by atoms with Gasteiger partial charge in [0.2, 0.25) is 5.91 Å². The van der Waals surface area contributed by atoms with Crippen LogP contribution in [0.4, 0.5) is 15.9 Å². The molecule has 0 bridgehead atoms.